The maximum Gasteiger partial charge on any atom is 0.227 e. The molecule has 1 aromatic carbocycles. The number of para-hydroxylation sites is 1. The number of hydrogen-bond acceptors (Lipinski definition) is 2. The first kappa shape index (κ1) is 11.1. The molecule has 86 valence electrons. The van der Waals surface area contributed by atoms with Gasteiger partial charge in [-0.2, -0.15) is 0 Å². The highest BCUT2D eigenvalue weighted by atomic mass is 16.2. The van der Waals surface area contributed by atoms with Crippen LogP contribution in [0.1, 0.15) is 31.9 Å². The Kier molecular flexibility index (Phi) is 2.97. The summed E-state index contributed by atoms with van der Waals surface area (Å²) in [4.78, 5) is 11.8. The zero-order valence-electron chi connectivity index (χ0n) is 9.73. The van der Waals surface area contributed by atoms with Gasteiger partial charge in [-0.15, -0.1) is 0 Å². The van der Waals surface area contributed by atoms with E-state index in [0.717, 1.165) is 17.7 Å². The van der Waals surface area contributed by atoms with Crippen LogP contribution in [-0.2, 0) is 4.79 Å². The molecule has 0 aromatic heterocycles. The zero-order valence-corrected chi connectivity index (χ0v) is 9.73. The van der Waals surface area contributed by atoms with Crippen molar-refractivity contribution in [2.24, 2.45) is 17.6 Å². The van der Waals surface area contributed by atoms with Gasteiger partial charge < -0.3 is 11.1 Å². The van der Waals surface area contributed by atoms with Gasteiger partial charge in [-0.3, -0.25) is 4.79 Å². The van der Waals surface area contributed by atoms with Crippen LogP contribution in [0, 0.1) is 11.8 Å². The van der Waals surface area contributed by atoms with Gasteiger partial charge in [0.25, 0.3) is 0 Å². The first-order valence-corrected chi connectivity index (χ1v) is 5.75. The molecule has 0 radical (unpaired) electrons. The van der Waals surface area contributed by atoms with Crippen LogP contribution in [0.5, 0.6) is 0 Å². The fourth-order valence-electron chi connectivity index (χ4n) is 1.92. The van der Waals surface area contributed by atoms with Crippen LogP contribution in [0.25, 0.3) is 0 Å². The summed E-state index contributed by atoms with van der Waals surface area (Å²) in [5, 5.41) is 2.97. The Bertz CT molecular complexity index is 401. The Hall–Kier alpha value is -1.35. The van der Waals surface area contributed by atoms with E-state index in [1.165, 1.54) is 0 Å². The largest absolute Gasteiger partial charge is 0.326 e. The summed E-state index contributed by atoms with van der Waals surface area (Å²) >= 11 is 0. The number of nitrogens with one attached hydrogen (secondary N) is 1. The van der Waals surface area contributed by atoms with Gasteiger partial charge in [0.1, 0.15) is 0 Å². The number of carbonyl (C=O) groups is 1. The highest BCUT2D eigenvalue weighted by Gasteiger charge is 2.39. The summed E-state index contributed by atoms with van der Waals surface area (Å²) in [6.45, 7) is 4.02. The Balaban J connectivity index is 2.11. The van der Waals surface area contributed by atoms with Gasteiger partial charge in [0, 0.05) is 17.6 Å². The molecule has 1 aromatic rings. The predicted octanol–water partition coefficient (Wildman–Crippen LogP) is 2.30. The van der Waals surface area contributed by atoms with Crippen molar-refractivity contribution in [3.05, 3.63) is 29.8 Å². The predicted molar refractivity (Wildman–Crippen MR) is 64.9 cm³/mol. The Labute approximate surface area is 96.0 Å². The highest BCUT2D eigenvalue weighted by molar-refractivity contribution is 5.95. The second-order valence-corrected chi connectivity index (χ2v) is 4.68. The Morgan fingerprint density at radius 1 is 1.50 bits per heavy atom. The molecule has 0 spiro atoms. The Morgan fingerprint density at radius 2 is 2.12 bits per heavy atom. The first-order chi connectivity index (χ1) is 7.59. The van der Waals surface area contributed by atoms with Crippen molar-refractivity contribution in [1.82, 2.24) is 0 Å². The molecule has 2 rings (SSSR count). The van der Waals surface area contributed by atoms with Crippen LogP contribution in [0.2, 0.25) is 0 Å². The van der Waals surface area contributed by atoms with Gasteiger partial charge in [-0.1, -0.05) is 25.1 Å². The number of rotatable bonds is 3. The lowest BCUT2D eigenvalue weighted by Gasteiger charge is -2.13. The molecule has 1 saturated carbocycles. The van der Waals surface area contributed by atoms with Crippen molar-refractivity contribution < 1.29 is 4.79 Å². The Morgan fingerprint density at radius 3 is 2.69 bits per heavy atom. The number of carbonyl (C=O) groups excluding carboxylic acids is 1. The number of amides is 1. The lowest BCUT2D eigenvalue weighted by Crippen LogP contribution is -2.17. The van der Waals surface area contributed by atoms with Crippen molar-refractivity contribution in [3.63, 3.8) is 0 Å². The molecule has 3 N–H and O–H groups in total. The topological polar surface area (TPSA) is 55.1 Å². The number of nitrogens with two attached hydrogens (primary N) is 1. The van der Waals surface area contributed by atoms with Crippen molar-refractivity contribution in [2.75, 3.05) is 5.32 Å². The molecule has 0 bridgehead atoms. The van der Waals surface area contributed by atoms with Gasteiger partial charge in [-0.05, 0) is 30.9 Å². The van der Waals surface area contributed by atoms with E-state index in [4.69, 9.17) is 5.73 Å². The molecule has 1 amide bonds. The van der Waals surface area contributed by atoms with E-state index in [-0.39, 0.29) is 17.9 Å². The molecule has 1 fully saturated rings. The van der Waals surface area contributed by atoms with E-state index in [1.54, 1.807) is 0 Å². The molecule has 0 heterocycles. The first-order valence-electron chi connectivity index (χ1n) is 5.75. The maximum atomic E-state index is 11.8. The van der Waals surface area contributed by atoms with E-state index in [9.17, 15) is 4.79 Å². The second-order valence-electron chi connectivity index (χ2n) is 4.68. The minimum Gasteiger partial charge on any atom is -0.326 e. The quantitative estimate of drug-likeness (QED) is 0.818. The van der Waals surface area contributed by atoms with Crippen LogP contribution in [0.4, 0.5) is 5.69 Å². The fourth-order valence-corrected chi connectivity index (χ4v) is 1.92. The van der Waals surface area contributed by atoms with Crippen LogP contribution < -0.4 is 11.1 Å². The molecular formula is C13H18N2O. The maximum absolute atomic E-state index is 11.8. The lowest BCUT2D eigenvalue weighted by molar-refractivity contribution is -0.117. The van der Waals surface area contributed by atoms with Crippen molar-refractivity contribution >= 4 is 11.6 Å². The summed E-state index contributed by atoms with van der Waals surface area (Å²) in [5.74, 6) is 0.851. The second kappa shape index (κ2) is 4.26. The molecule has 3 nitrogen and oxygen atoms in total. The molecule has 3 heteroatoms. The smallest absolute Gasteiger partial charge is 0.227 e. The summed E-state index contributed by atoms with van der Waals surface area (Å²) in [7, 11) is 0. The molecule has 16 heavy (non-hydrogen) atoms. The van der Waals surface area contributed by atoms with Crippen LogP contribution in [0.15, 0.2) is 24.3 Å². The number of hydrogen-bond donors (Lipinski definition) is 2. The third-order valence-electron chi connectivity index (χ3n) is 3.16. The van der Waals surface area contributed by atoms with Crippen LogP contribution in [-0.4, -0.2) is 5.91 Å². The van der Waals surface area contributed by atoms with E-state index >= 15 is 0 Å². The lowest BCUT2D eigenvalue weighted by atomic mass is 10.1. The van der Waals surface area contributed by atoms with E-state index in [0.29, 0.717) is 5.92 Å². The fraction of sp³-hybridized carbons (Fsp3) is 0.462. The molecule has 3 unspecified atom stereocenters. The van der Waals surface area contributed by atoms with Gasteiger partial charge in [0.2, 0.25) is 5.91 Å². The van der Waals surface area contributed by atoms with Crippen LogP contribution >= 0.6 is 0 Å². The number of anilines is 1. The monoisotopic (exact) mass is 218 g/mol. The molecular weight excluding hydrogens is 200 g/mol. The van der Waals surface area contributed by atoms with Crippen molar-refractivity contribution in [1.29, 1.82) is 0 Å². The molecule has 1 aliphatic carbocycles. The molecule has 0 saturated heterocycles. The average molecular weight is 218 g/mol. The standard InChI is InChI=1S/C13H18N2O/c1-8-7-11(8)13(16)15-12-6-4-3-5-10(12)9(2)14/h3-6,8-9,11H,7,14H2,1-2H3,(H,15,16). The zero-order chi connectivity index (χ0) is 11.7. The van der Waals surface area contributed by atoms with Gasteiger partial charge in [0.15, 0.2) is 0 Å². The third-order valence-corrected chi connectivity index (χ3v) is 3.16. The van der Waals surface area contributed by atoms with Gasteiger partial charge >= 0.3 is 0 Å². The molecule has 3 atom stereocenters. The third kappa shape index (κ3) is 2.25. The van der Waals surface area contributed by atoms with Crippen molar-refractivity contribution in [3.8, 4) is 0 Å². The summed E-state index contributed by atoms with van der Waals surface area (Å²) < 4.78 is 0. The van der Waals surface area contributed by atoms with E-state index in [1.807, 2.05) is 31.2 Å². The number of benzene rings is 1. The van der Waals surface area contributed by atoms with Crippen LogP contribution in [0.3, 0.4) is 0 Å². The SMILES string of the molecule is CC(N)c1ccccc1NC(=O)C1CC1C. The van der Waals surface area contributed by atoms with Crippen molar-refractivity contribution in [2.45, 2.75) is 26.3 Å². The molecule has 0 aliphatic heterocycles. The minimum atomic E-state index is -0.0619. The van der Waals surface area contributed by atoms with E-state index in [2.05, 4.69) is 12.2 Å². The van der Waals surface area contributed by atoms with Gasteiger partial charge in [0.05, 0.1) is 0 Å². The summed E-state index contributed by atoms with van der Waals surface area (Å²) in [5.41, 5.74) is 7.70. The normalized spacial score (nSPS) is 24.9. The van der Waals surface area contributed by atoms with Gasteiger partial charge in [-0.25, -0.2) is 0 Å². The minimum absolute atomic E-state index is 0.0619. The average Bonchev–Trinajstić information content (AvgIpc) is 2.96. The molecule has 1 aliphatic rings. The summed E-state index contributed by atoms with van der Waals surface area (Å²) in [6, 6.07) is 7.65. The van der Waals surface area contributed by atoms with E-state index < -0.39 is 0 Å². The summed E-state index contributed by atoms with van der Waals surface area (Å²) in [6.07, 6.45) is 1.01. The highest BCUT2D eigenvalue weighted by Crippen LogP contribution is 2.38.